The first-order chi connectivity index (χ1) is 9.31. The van der Waals surface area contributed by atoms with Crippen LogP contribution in [0.25, 0.3) is 0 Å². The molecule has 1 atom stereocenters. The molecule has 0 bridgehead atoms. The Labute approximate surface area is 117 Å². The Morgan fingerprint density at radius 2 is 1.85 bits per heavy atom. The van der Waals surface area contributed by atoms with E-state index in [4.69, 9.17) is 5.11 Å². The number of aliphatic carboxylic acids is 1. The van der Waals surface area contributed by atoms with Gasteiger partial charge in [0.05, 0.1) is 6.54 Å². The molecule has 0 aliphatic rings. The van der Waals surface area contributed by atoms with Crippen molar-refractivity contribution in [2.75, 3.05) is 6.54 Å². The van der Waals surface area contributed by atoms with Crippen LogP contribution in [0.1, 0.15) is 28.4 Å². The molecule has 0 saturated heterocycles. The molecule has 1 rings (SSSR count). The minimum absolute atomic E-state index is 0.261. The van der Waals surface area contributed by atoms with Crippen molar-refractivity contribution < 1.29 is 19.5 Å². The van der Waals surface area contributed by atoms with Crippen LogP contribution in [0, 0.1) is 13.8 Å². The lowest BCUT2D eigenvalue weighted by atomic mass is 10.1. The first-order valence-electron chi connectivity index (χ1n) is 6.19. The molecule has 1 aromatic carbocycles. The average Bonchev–Trinajstić information content (AvgIpc) is 2.39. The van der Waals surface area contributed by atoms with Crippen LogP contribution in [-0.2, 0) is 9.59 Å². The van der Waals surface area contributed by atoms with Gasteiger partial charge in [-0.2, -0.15) is 0 Å². The van der Waals surface area contributed by atoms with Gasteiger partial charge in [0.15, 0.2) is 0 Å². The predicted octanol–water partition coefficient (Wildman–Crippen LogP) is 0.623. The molecule has 0 aromatic heterocycles. The van der Waals surface area contributed by atoms with Gasteiger partial charge < -0.3 is 15.7 Å². The van der Waals surface area contributed by atoms with E-state index in [1.807, 2.05) is 19.9 Å². The monoisotopic (exact) mass is 278 g/mol. The molecule has 2 amide bonds. The van der Waals surface area contributed by atoms with Crippen LogP contribution in [0.4, 0.5) is 0 Å². The summed E-state index contributed by atoms with van der Waals surface area (Å²) in [6.45, 7) is 4.93. The highest BCUT2D eigenvalue weighted by atomic mass is 16.4. The van der Waals surface area contributed by atoms with Gasteiger partial charge >= 0.3 is 5.97 Å². The van der Waals surface area contributed by atoms with Gasteiger partial charge in [0.25, 0.3) is 5.91 Å². The third-order valence-electron chi connectivity index (χ3n) is 2.93. The quantitative estimate of drug-likeness (QED) is 0.736. The number of aryl methyl sites for hydroxylation is 2. The van der Waals surface area contributed by atoms with E-state index in [0.29, 0.717) is 5.56 Å². The van der Waals surface area contributed by atoms with E-state index < -0.39 is 17.9 Å². The summed E-state index contributed by atoms with van der Waals surface area (Å²) >= 11 is 0. The molecule has 0 radical (unpaired) electrons. The fraction of sp³-hybridized carbons (Fsp3) is 0.357. The van der Waals surface area contributed by atoms with Crippen molar-refractivity contribution in [1.82, 2.24) is 10.6 Å². The molecule has 0 heterocycles. The number of rotatable bonds is 5. The number of carbonyl (C=O) groups is 3. The van der Waals surface area contributed by atoms with Gasteiger partial charge in [0.2, 0.25) is 5.91 Å². The zero-order valence-electron chi connectivity index (χ0n) is 11.7. The van der Waals surface area contributed by atoms with Crippen molar-refractivity contribution in [2.45, 2.75) is 26.8 Å². The molecular formula is C14H18N2O4. The van der Waals surface area contributed by atoms with Crippen LogP contribution in [0.3, 0.4) is 0 Å². The molecule has 0 spiro atoms. The summed E-state index contributed by atoms with van der Waals surface area (Å²) in [6, 6.07) is 4.26. The lowest BCUT2D eigenvalue weighted by molar-refractivity contribution is -0.141. The van der Waals surface area contributed by atoms with E-state index >= 15 is 0 Å². The molecule has 0 aliphatic heterocycles. The fourth-order valence-corrected chi connectivity index (χ4v) is 1.50. The molecule has 0 saturated carbocycles. The number of hydrogen-bond acceptors (Lipinski definition) is 3. The van der Waals surface area contributed by atoms with Crippen LogP contribution in [0.2, 0.25) is 0 Å². The Hall–Kier alpha value is -2.37. The number of carboxylic acids is 1. The molecule has 0 fully saturated rings. The van der Waals surface area contributed by atoms with Crippen molar-refractivity contribution in [3.63, 3.8) is 0 Å². The summed E-state index contributed by atoms with van der Waals surface area (Å²) in [4.78, 5) is 33.8. The molecule has 6 heteroatoms. The highest BCUT2D eigenvalue weighted by Crippen LogP contribution is 2.09. The number of nitrogens with one attached hydrogen (secondary N) is 2. The minimum atomic E-state index is -1.13. The lowest BCUT2D eigenvalue weighted by Gasteiger charge is -2.10. The summed E-state index contributed by atoms with van der Waals surface area (Å²) in [6.07, 6.45) is 0. The maximum atomic E-state index is 11.8. The first-order valence-corrected chi connectivity index (χ1v) is 6.19. The molecule has 20 heavy (non-hydrogen) atoms. The molecular weight excluding hydrogens is 260 g/mol. The Morgan fingerprint density at radius 1 is 1.20 bits per heavy atom. The number of hydrogen-bond donors (Lipinski definition) is 3. The van der Waals surface area contributed by atoms with E-state index in [2.05, 4.69) is 10.6 Å². The molecule has 108 valence electrons. The van der Waals surface area contributed by atoms with E-state index in [1.54, 1.807) is 12.1 Å². The smallest absolute Gasteiger partial charge is 0.325 e. The molecule has 0 aliphatic carbocycles. The van der Waals surface area contributed by atoms with Gasteiger partial charge in [-0.15, -0.1) is 0 Å². The standard InChI is InChI=1S/C14H18N2O4/c1-8-4-5-11(6-9(8)2)13(18)15-7-12(17)16-10(3)14(19)20/h4-6,10H,7H2,1-3H3,(H,15,18)(H,16,17)(H,19,20)/t10-/m0/s1. The van der Waals surface area contributed by atoms with Gasteiger partial charge in [-0.3, -0.25) is 14.4 Å². The van der Waals surface area contributed by atoms with Gasteiger partial charge in [-0.25, -0.2) is 0 Å². The number of carbonyl (C=O) groups excluding carboxylic acids is 2. The van der Waals surface area contributed by atoms with Crippen molar-refractivity contribution in [3.8, 4) is 0 Å². The molecule has 6 nitrogen and oxygen atoms in total. The zero-order chi connectivity index (χ0) is 15.3. The van der Waals surface area contributed by atoms with Crippen molar-refractivity contribution in [3.05, 3.63) is 34.9 Å². The molecule has 1 aromatic rings. The van der Waals surface area contributed by atoms with Crippen LogP contribution in [0.15, 0.2) is 18.2 Å². The SMILES string of the molecule is Cc1ccc(C(=O)NCC(=O)N[C@@H](C)C(=O)O)cc1C. The van der Waals surface area contributed by atoms with Crippen LogP contribution < -0.4 is 10.6 Å². The minimum Gasteiger partial charge on any atom is -0.480 e. The summed E-state index contributed by atoms with van der Waals surface area (Å²) in [5.74, 6) is -2.04. The van der Waals surface area contributed by atoms with E-state index in [-0.39, 0.29) is 12.5 Å². The number of carboxylic acid groups (broad SMARTS) is 1. The maximum absolute atomic E-state index is 11.8. The Kier molecular flexibility index (Phi) is 5.25. The first kappa shape index (κ1) is 15.7. The van der Waals surface area contributed by atoms with Crippen molar-refractivity contribution >= 4 is 17.8 Å². The van der Waals surface area contributed by atoms with E-state index in [0.717, 1.165) is 11.1 Å². The second kappa shape index (κ2) is 6.70. The summed E-state index contributed by atoms with van der Waals surface area (Å²) in [7, 11) is 0. The van der Waals surface area contributed by atoms with E-state index in [1.165, 1.54) is 6.92 Å². The third-order valence-corrected chi connectivity index (χ3v) is 2.93. The van der Waals surface area contributed by atoms with Crippen LogP contribution >= 0.6 is 0 Å². The number of benzene rings is 1. The fourth-order valence-electron chi connectivity index (χ4n) is 1.50. The predicted molar refractivity (Wildman–Crippen MR) is 73.5 cm³/mol. The second-order valence-corrected chi connectivity index (χ2v) is 4.61. The molecule has 0 unspecified atom stereocenters. The van der Waals surface area contributed by atoms with Crippen molar-refractivity contribution in [1.29, 1.82) is 0 Å². The zero-order valence-corrected chi connectivity index (χ0v) is 11.7. The maximum Gasteiger partial charge on any atom is 0.325 e. The van der Waals surface area contributed by atoms with Gasteiger partial charge in [0, 0.05) is 5.56 Å². The average molecular weight is 278 g/mol. The van der Waals surface area contributed by atoms with E-state index in [9.17, 15) is 14.4 Å². The van der Waals surface area contributed by atoms with Gasteiger partial charge in [-0.1, -0.05) is 6.07 Å². The Balaban J connectivity index is 2.53. The Morgan fingerprint density at radius 3 is 2.40 bits per heavy atom. The lowest BCUT2D eigenvalue weighted by Crippen LogP contribution is -2.44. The summed E-state index contributed by atoms with van der Waals surface area (Å²) in [5.41, 5.74) is 2.53. The highest BCUT2D eigenvalue weighted by molar-refractivity contribution is 5.97. The van der Waals surface area contributed by atoms with Crippen LogP contribution in [-0.4, -0.2) is 35.5 Å². The molecule has 3 N–H and O–H groups in total. The summed E-state index contributed by atoms with van der Waals surface area (Å²) in [5, 5.41) is 13.3. The highest BCUT2D eigenvalue weighted by Gasteiger charge is 2.14. The largest absolute Gasteiger partial charge is 0.480 e. The van der Waals surface area contributed by atoms with Crippen molar-refractivity contribution in [2.24, 2.45) is 0 Å². The third kappa shape index (κ3) is 4.38. The topological polar surface area (TPSA) is 95.5 Å². The van der Waals surface area contributed by atoms with Crippen LogP contribution in [0.5, 0.6) is 0 Å². The normalized spacial score (nSPS) is 11.6. The number of amides is 2. The summed E-state index contributed by atoms with van der Waals surface area (Å²) < 4.78 is 0. The second-order valence-electron chi connectivity index (χ2n) is 4.61. The van der Waals surface area contributed by atoms with Gasteiger partial charge in [-0.05, 0) is 44.0 Å². The van der Waals surface area contributed by atoms with Gasteiger partial charge in [0.1, 0.15) is 6.04 Å². The Bertz CT molecular complexity index is 540.